The Labute approximate surface area is 200 Å². The van der Waals surface area contributed by atoms with Crippen LogP contribution in [0.2, 0.25) is 0 Å². The first kappa shape index (κ1) is 22.0. The molecule has 0 unspecified atom stereocenters. The molecule has 0 aliphatic rings. The molecule has 4 aromatic heterocycles. The lowest BCUT2D eigenvalue weighted by atomic mass is 10.2. The number of hydrogen-bond donors (Lipinski definition) is 4. The van der Waals surface area contributed by atoms with Gasteiger partial charge in [0.1, 0.15) is 29.4 Å². The number of anilines is 5. The van der Waals surface area contributed by atoms with Gasteiger partial charge in [-0.2, -0.15) is 4.98 Å². The molecule has 0 saturated heterocycles. The molecule has 4 N–H and O–H groups in total. The number of fused-ring (bicyclic) bond motifs is 1. The molecule has 4 heterocycles. The lowest BCUT2D eigenvalue weighted by Gasteiger charge is -2.18. The monoisotopic (exact) mass is 469 g/mol. The molecule has 0 aliphatic carbocycles. The summed E-state index contributed by atoms with van der Waals surface area (Å²) in [4.78, 5) is 21.7. The number of aliphatic hydroxyl groups excluding tert-OH is 1. The highest BCUT2D eigenvalue weighted by atomic mass is 16.5. The number of nitrogens with one attached hydrogen (secondary N) is 3. The molecule has 0 bridgehead atoms. The molecule has 0 fully saturated rings. The fourth-order valence-electron chi connectivity index (χ4n) is 3.60. The van der Waals surface area contributed by atoms with Crippen molar-refractivity contribution in [3.63, 3.8) is 0 Å². The standard InChI is InChI=1S/C24H23N9O2/c1-35-20-14-17(26-10-12-34)18(30-21-4-8-25-15-29-21)13-19(20)31-24-28-9-5-22(32-24)33-11-6-16-3-2-7-27-23(16)33/h2-9,11,13-15,26,34H,10,12H2,1H3,(H,25,29,30)(H,28,31,32). The molecule has 11 nitrogen and oxygen atoms in total. The average molecular weight is 470 g/mol. The lowest BCUT2D eigenvalue weighted by molar-refractivity contribution is 0.311. The van der Waals surface area contributed by atoms with Crippen LogP contribution in [0.15, 0.2) is 73.6 Å². The number of nitrogens with zero attached hydrogens (tertiary/aromatic N) is 6. The van der Waals surface area contributed by atoms with Gasteiger partial charge in [0.25, 0.3) is 0 Å². The van der Waals surface area contributed by atoms with Gasteiger partial charge in [0.2, 0.25) is 5.95 Å². The van der Waals surface area contributed by atoms with Crippen molar-refractivity contribution in [1.29, 1.82) is 0 Å². The molecule has 11 heteroatoms. The Bertz CT molecular complexity index is 1440. The van der Waals surface area contributed by atoms with E-state index in [1.165, 1.54) is 6.33 Å². The van der Waals surface area contributed by atoms with Gasteiger partial charge in [0.05, 0.1) is 30.8 Å². The van der Waals surface area contributed by atoms with Crippen LogP contribution in [0.3, 0.4) is 0 Å². The second-order valence-electron chi connectivity index (χ2n) is 7.43. The van der Waals surface area contributed by atoms with Crippen LogP contribution in [0, 0.1) is 0 Å². The predicted octanol–water partition coefficient (Wildman–Crippen LogP) is 3.51. The summed E-state index contributed by atoms with van der Waals surface area (Å²) in [5.74, 6) is 2.26. The van der Waals surface area contributed by atoms with Crippen LogP contribution in [0.4, 0.5) is 28.8 Å². The number of aliphatic hydroxyl groups is 1. The first-order valence-electron chi connectivity index (χ1n) is 10.9. The van der Waals surface area contributed by atoms with Crippen molar-refractivity contribution in [3.05, 3.63) is 73.6 Å². The summed E-state index contributed by atoms with van der Waals surface area (Å²) in [6, 6.07) is 13.2. The van der Waals surface area contributed by atoms with Crippen LogP contribution in [0.1, 0.15) is 0 Å². The van der Waals surface area contributed by atoms with Crippen LogP contribution in [-0.2, 0) is 0 Å². The molecule has 0 spiro atoms. The van der Waals surface area contributed by atoms with Gasteiger partial charge >= 0.3 is 0 Å². The summed E-state index contributed by atoms with van der Waals surface area (Å²) in [5, 5.41) is 20.0. The van der Waals surface area contributed by atoms with E-state index in [2.05, 4.69) is 40.9 Å². The fourth-order valence-corrected chi connectivity index (χ4v) is 3.60. The third kappa shape index (κ3) is 4.80. The number of benzene rings is 1. The number of hydrogen-bond acceptors (Lipinski definition) is 10. The highest BCUT2D eigenvalue weighted by Crippen LogP contribution is 2.37. The van der Waals surface area contributed by atoms with Gasteiger partial charge in [-0.15, -0.1) is 0 Å². The van der Waals surface area contributed by atoms with Crippen LogP contribution in [0.5, 0.6) is 5.75 Å². The van der Waals surface area contributed by atoms with Gasteiger partial charge in [-0.25, -0.2) is 19.9 Å². The summed E-state index contributed by atoms with van der Waals surface area (Å²) in [7, 11) is 1.59. The Balaban J connectivity index is 1.49. The zero-order chi connectivity index (χ0) is 24.0. The van der Waals surface area contributed by atoms with E-state index in [1.807, 2.05) is 47.2 Å². The highest BCUT2D eigenvalue weighted by molar-refractivity contribution is 5.82. The maximum atomic E-state index is 9.28. The molecule has 0 amide bonds. The average Bonchev–Trinajstić information content (AvgIpc) is 3.33. The third-order valence-corrected chi connectivity index (χ3v) is 5.19. The molecule has 1 aromatic carbocycles. The molecule has 0 atom stereocenters. The Morgan fingerprint density at radius 3 is 2.71 bits per heavy atom. The van der Waals surface area contributed by atoms with Crippen LogP contribution in [-0.4, -0.2) is 54.9 Å². The minimum Gasteiger partial charge on any atom is -0.494 e. The summed E-state index contributed by atoms with van der Waals surface area (Å²) >= 11 is 0. The fraction of sp³-hybridized carbons (Fsp3) is 0.125. The van der Waals surface area contributed by atoms with Gasteiger partial charge in [0, 0.05) is 42.8 Å². The molecule has 5 rings (SSSR count). The van der Waals surface area contributed by atoms with Gasteiger partial charge in [0.15, 0.2) is 0 Å². The summed E-state index contributed by atoms with van der Waals surface area (Å²) in [6.45, 7) is 0.358. The van der Waals surface area contributed by atoms with E-state index in [9.17, 15) is 5.11 Å². The highest BCUT2D eigenvalue weighted by Gasteiger charge is 2.14. The van der Waals surface area contributed by atoms with Crippen molar-refractivity contribution in [2.75, 3.05) is 36.2 Å². The second-order valence-corrected chi connectivity index (χ2v) is 7.43. The molecule has 5 aromatic rings. The Hall–Kier alpha value is -4.77. The number of ether oxygens (including phenoxy) is 1. The van der Waals surface area contributed by atoms with Gasteiger partial charge in [-0.1, -0.05) is 0 Å². The topological polar surface area (TPSA) is 135 Å². The number of aromatic nitrogens is 6. The second kappa shape index (κ2) is 10.0. The third-order valence-electron chi connectivity index (χ3n) is 5.19. The van der Waals surface area contributed by atoms with E-state index in [0.717, 1.165) is 22.4 Å². The van der Waals surface area contributed by atoms with Gasteiger partial charge in [-0.05, 0) is 36.4 Å². The van der Waals surface area contributed by atoms with E-state index in [-0.39, 0.29) is 6.61 Å². The molecular weight excluding hydrogens is 446 g/mol. The Morgan fingerprint density at radius 1 is 0.943 bits per heavy atom. The van der Waals surface area contributed by atoms with Crippen LogP contribution < -0.4 is 20.7 Å². The lowest BCUT2D eigenvalue weighted by Crippen LogP contribution is -2.09. The van der Waals surface area contributed by atoms with E-state index in [1.54, 1.807) is 31.8 Å². The SMILES string of the molecule is COc1cc(NCCO)c(Nc2ccncn2)cc1Nc1nccc(-n2ccc3cccnc32)n1. The van der Waals surface area contributed by atoms with Crippen molar-refractivity contribution in [3.8, 4) is 11.6 Å². The maximum absolute atomic E-state index is 9.28. The quantitative estimate of drug-likeness (QED) is 0.254. The van der Waals surface area contributed by atoms with Crippen LogP contribution >= 0.6 is 0 Å². The molecule has 0 radical (unpaired) electrons. The van der Waals surface area contributed by atoms with Crippen LogP contribution in [0.25, 0.3) is 16.9 Å². The largest absolute Gasteiger partial charge is 0.494 e. The van der Waals surface area contributed by atoms with Crippen molar-refractivity contribution < 1.29 is 9.84 Å². The van der Waals surface area contributed by atoms with E-state index in [0.29, 0.717) is 35.6 Å². The molecular formula is C24H23N9O2. The molecule has 0 saturated carbocycles. The minimum absolute atomic E-state index is 0.0151. The number of methoxy groups -OCH3 is 1. The van der Waals surface area contributed by atoms with Crippen molar-refractivity contribution in [2.45, 2.75) is 0 Å². The van der Waals surface area contributed by atoms with E-state index < -0.39 is 0 Å². The molecule has 35 heavy (non-hydrogen) atoms. The smallest absolute Gasteiger partial charge is 0.229 e. The number of rotatable bonds is 9. The van der Waals surface area contributed by atoms with Gasteiger partial charge < -0.3 is 25.8 Å². The number of pyridine rings is 1. The zero-order valence-corrected chi connectivity index (χ0v) is 18.9. The van der Waals surface area contributed by atoms with Crippen molar-refractivity contribution >= 4 is 39.9 Å². The molecule has 176 valence electrons. The van der Waals surface area contributed by atoms with E-state index in [4.69, 9.17) is 4.74 Å². The van der Waals surface area contributed by atoms with Gasteiger partial charge in [-0.3, -0.25) is 4.57 Å². The normalized spacial score (nSPS) is 10.8. The molecule has 0 aliphatic heterocycles. The van der Waals surface area contributed by atoms with E-state index >= 15 is 0 Å². The Morgan fingerprint density at radius 2 is 1.89 bits per heavy atom. The predicted molar refractivity (Wildman–Crippen MR) is 134 cm³/mol. The van der Waals surface area contributed by atoms with Crippen molar-refractivity contribution in [2.24, 2.45) is 0 Å². The summed E-state index contributed by atoms with van der Waals surface area (Å²) < 4.78 is 7.52. The Kier molecular flexibility index (Phi) is 6.31. The first-order valence-corrected chi connectivity index (χ1v) is 10.9. The maximum Gasteiger partial charge on any atom is 0.229 e. The van der Waals surface area contributed by atoms with Crippen molar-refractivity contribution in [1.82, 2.24) is 29.5 Å². The first-order chi connectivity index (χ1) is 17.2. The minimum atomic E-state index is -0.0151. The summed E-state index contributed by atoms with van der Waals surface area (Å²) in [6.07, 6.45) is 8.48. The summed E-state index contributed by atoms with van der Waals surface area (Å²) in [5.41, 5.74) is 2.91. The zero-order valence-electron chi connectivity index (χ0n) is 18.9.